The molecule has 60 valence electrons. The zero-order chi connectivity index (χ0) is 8.10. The van der Waals surface area contributed by atoms with E-state index in [1.54, 1.807) is 0 Å². The molecular weight excluding hydrogens is 158 g/mol. The van der Waals surface area contributed by atoms with Crippen molar-refractivity contribution in [3.8, 4) is 0 Å². The maximum Gasteiger partial charge on any atom is 0.122 e. The predicted molar refractivity (Wildman–Crippen MR) is 46.9 cm³/mol. The van der Waals surface area contributed by atoms with Crippen molar-refractivity contribution in [1.29, 1.82) is 0 Å². The van der Waals surface area contributed by atoms with Crippen LogP contribution in [0.1, 0.15) is 6.92 Å². The molecule has 2 nitrogen and oxygen atoms in total. The van der Waals surface area contributed by atoms with Gasteiger partial charge in [0.05, 0.1) is 0 Å². The maximum absolute atomic E-state index is 5.19. The van der Waals surface area contributed by atoms with E-state index >= 15 is 0 Å². The first-order valence-corrected chi connectivity index (χ1v) is 3.97. The number of hydrogen-bond acceptors (Lipinski definition) is 2. The lowest BCUT2D eigenvalue weighted by Gasteiger charge is -2.04. The third-order valence-corrected chi connectivity index (χ3v) is 1.58. The van der Waals surface area contributed by atoms with Gasteiger partial charge in [0.2, 0.25) is 0 Å². The second-order valence-corrected chi connectivity index (χ2v) is 2.64. The number of ether oxygens (including phenoxy) is 1. The van der Waals surface area contributed by atoms with Gasteiger partial charge in [0.15, 0.2) is 0 Å². The summed E-state index contributed by atoms with van der Waals surface area (Å²) in [5.74, 6) is 0. The first kappa shape index (κ1) is 8.43. The summed E-state index contributed by atoms with van der Waals surface area (Å²) in [6.45, 7) is 3.32. The van der Waals surface area contributed by atoms with Gasteiger partial charge in [-0.1, -0.05) is 12.2 Å². The zero-order valence-electron chi connectivity index (χ0n) is 6.49. The van der Waals surface area contributed by atoms with Gasteiger partial charge < -0.3 is 9.30 Å². The van der Waals surface area contributed by atoms with Crippen molar-refractivity contribution in [2.24, 2.45) is 0 Å². The molecule has 11 heavy (non-hydrogen) atoms. The average Bonchev–Trinajstić information content (AvgIpc) is 2.04. The van der Waals surface area contributed by atoms with Crippen LogP contribution in [0.2, 0.25) is 0 Å². The molecule has 0 aliphatic heterocycles. The smallest absolute Gasteiger partial charge is 0.122 e. The Balaban J connectivity index is 2.59. The van der Waals surface area contributed by atoms with Crippen LogP contribution in [-0.2, 0) is 11.5 Å². The van der Waals surface area contributed by atoms with Crippen LogP contribution in [0, 0.1) is 4.51 Å². The molecule has 0 radical (unpaired) electrons. The molecule has 0 saturated heterocycles. The molecule has 1 rings (SSSR count). The third-order valence-electron chi connectivity index (χ3n) is 1.31. The van der Waals surface area contributed by atoms with Gasteiger partial charge in [-0.05, 0) is 19.1 Å². The fourth-order valence-corrected chi connectivity index (χ4v) is 0.848. The Morgan fingerprint density at radius 2 is 2.09 bits per heavy atom. The number of nitrogens with zero attached hydrogens (tertiary/aromatic N) is 1. The number of hydrogen-bond donors (Lipinski definition) is 0. The molecule has 1 aromatic heterocycles. The lowest BCUT2D eigenvalue weighted by Crippen LogP contribution is -2.00. The zero-order valence-corrected chi connectivity index (χ0v) is 7.30. The third kappa shape index (κ3) is 2.82. The molecule has 0 fully saturated rings. The SMILES string of the molecule is CCOCn1ccc(=S)cc1. The first-order chi connectivity index (χ1) is 5.33. The second kappa shape index (κ2) is 4.26. The van der Waals surface area contributed by atoms with Crippen molar-refractivity contribution >= 4 is 12.2 Å². The topological polar surface area (TPSA) is 14.2 Å². The van der Waals surface area contributed by atoms with Crippen LogP contribution in [0.15, 0.2) is 24.5 Å². The molecule has 3 heteroatoms. The normalized spacial score (nSPS) is 9.91. The van der Waals surface area contributed by atoms with Gasteiger partial charge in [-0.2, -0.15) is 0 Å². The highest BCUT2D eigenvalue weighted by Gasteiger charge is 1.84. The fraction of sp³-hybridized carbons (Fsp3) is 0.375. The van der Waals surface area contributed by atoms with Crippen molar-refractivity contribution in [3.05, 3.63) is 29.0 Å². The van der Waals surface area contributed by atoms with E-state index in [0.717, 1.165) is 11.1 Å². The van der Waals surface area contributed by atoms with E-state index < -0.39 is 0 Å². The highest BCUT2D eigenvalue weighted by Crippen LogP contribution is 1.92. The van der Waals surface area contributed by atoms with Crippen LogP contribution >= 0.6 is 12.2 Å². The molecule has 0 spiro atoms. The van der Waals surface area contributed by atoms with Gasteiger partial charge in [0.25, 0.3) is 0 Å². The van der Waals surface area contributed by atoms with Crippen LogP contribution in [-0.4, -0.2) is 11.2 Å². The monoisotopic (exact) mass is 169 g/mol. The summed E-state index contributed by atoms with van der Waals surface area (Å²) in [4.78, 5) is 0. The van der Waals surface area contributed by atoms with Crippen molar-refractivity contribution in [3.63, 3.8) is 0 Å². The lowest BCUT2D eigenvalue weighted by atomic mass is 10.5. The molecule has 0 aliphatic carbocycles. The summed E-state index contributed by atoms with van der Waals surface area (Å²) in [5.41, 5.74) is 0. The maximum atomic E-state index is 5.19. The minimum absolute atomic E-state index is 0.603. The Hall–Kier alpha value is -0.670. The molecule has 1 heterocycles. The van der Waals surface area contributed by atoms with Gasteiger partial charge in [-0.15, -0.1) is 0 Å². The highest BCUT2D eigenvalue weighted by atomic mass is 32.1. The summed E-state index contributed by atoms with van der Waals surface area (Å²) in [6.07, 6.45) is 3.83. The van der Waals surface area contributed by atoms with E-state index in [4.69, 9.17) is 17.0 Å². The van der Waals surface area contributed by atoms with Crippen molar-refractivity contribution in [2.45, 2.75) is 13.7 Å². The summed E-state index contributed by atoms with van der Waals surface area (Å²) in [6, 6.07) is 3.77. The fourth-order valence-electron chi connectivity index (χ4n) is 0.726. The molecule has 0 aromatic carbocycles. The van der Waals surface area contributed by atoms with Gasteiger partial charge in [0.1, 0.15) is 6.73 Å². The van der Waals surface area contributed by atoms with E-state index in [0.29, 0.717) is 6.73 Å². The quantitative estimate of drug-likeness (QED) is 0.644. The van der Waals surface area contributed by atoms with E-state index in [-0.39, 0.29) is 0 Å². The highest BCUT2D eigenvalue weighted by molar-refractivity contribution is 7.71. The molecule has 0 N–H and O–H groups in total. The molecule has 1 aromatic rings. The summed E-state index contributed by atoms with van der Waals surface area (Å²) < 4.78 is 7.99. The van der Waals surface area contributed by atoms with Crippen LogP contribution in [0.3, 0.4) is 0 Å². The predicted octanol–water partition coefficient (Wildman–Crippen LogP) is 2.21. The van der Waals surface area contributed by atoms with Gasteiger partial charge >= 0.3 is 0 Å². The summed E-state index contributed by atoms with van der Waals surface area (Å²) in [7, 11) is 0. The largest absolute Gasteiger partial charge is 0.361 e. The van der Waals surface area contributed by atoms with E-state index in [2.05, 4.69) is 0 Å². The molecule has 0 unspecified atom stereocenters. The summed E-state index contributed by atoms with van der Waals surface area (Å²) >= 11 is 4.93. The van der Waals surface area contributed by atoms with Crippen LogP contribution in [0.5, 0.6) is 0 Å². The van der Waals surface area contributed by atoms with Crippen molar-refractivity contribution in [1.82, 2.24) is 4.57 Å². The standard InChI is InChI=1S/C8H11NOS/c1-2-10-7-9-5-3-8(11)4-6-9/h3-6H,2,7H2,1H3. The van der Waals surface area contributed by atoms with Gasteiger partial charge in [0, 0.05) is 23.5 Å². The number of aromatic nitrogens is 1. The van der Waals surface area contributed by atoms with E-state index in [1.807, 2.05) is 36.0 Å². The Morgan fingerprint density at radius 3 is 2.64 bits per heavy atom. The number of rotatable bonds is 3. The Kier molecular flexibility index (Phi) is 3.26. The molecule has 0 amide bonds. The minimum atomic E-state index is 0.603. The van der Waals surface area contributed by atoms with Crippen LogP contribution in [0.25, 0.3) is 0 Å². The van der Waals surface area contributed by atoms with Crippen LogP contribution < -0.4 is 0 Å². The Bertz CT molecular complexity index is 249. The molecule has 0 atom stereocenters. The molecule has 0 aliphatic rings. The Labute approximate surface area is 71.4 Å². The second-order valence-electron chi connectivity index (χ2n) is 2.17. The summed E-state index contributed by atoms with van der Waals surface area (Å²) in [5, 5.41) is 0. The van der Waals surface area contributed by atoms with Crippen molar-refractivity contribution < 1.29 is 4.74 Å². The molecular formula is C8H11NOS. The molecule has 0 saturated carbocycles. The average molecular weight is 169 g/mol. The van der Waals surface area contributed by atoms with Gasteiger partial charge in [-0.25, -0.2) is 0 Å². The van der Waals surface area contributed by atoms with E-state index in [1.165, 1.54) is 0 Å². The van der Waals surface area contributed by atoms with Crippen LogP contribution in [0.4, 0.5) is 0 Å². The van der Waals surface area contributed by atoms with E-state index in [9.17, 15) is 0 Å². The lowest BCUT2D eigenvalue weighted by molar-refractivity contribution is 0.0874. The molecule has 0 bridgehead atoms. The Morgan fingerprint density at radius 1 is 1.45 bits per heavy atom. The number of pyridine rings is 1. The van der Waals surface area contributed by atoms with Gasteiger partial charge in [-0.3, -0.25) is 0 Å². The minimum Gasteiger partial charge on any atom is -0.361 e. The van der Waals surface area contributed by atoms with Crippen molar-refractivity contribution in [2.75, 3.05) is 6.61 Å². The first-order valence-electron chi connectivity index (χ1n) is 3.57.